The van der Waals surface area contributed by atoms with Gasteiger partial charge in [-0.2, -0.15) is 0 Å². The Kier molecular flexibility index (Phi) is 7.05. The summed E-state index contributed by atoms with van der Waals surface area (Å²) in [6, 6.07) is 0. The minimum atomic E-state index is -1.62. The molecule has 0 aliphatic carbocycles. The van der Waals surface area contributed by atoms with E-state index >= 15 is 0 Å². The summed E-state index contributed by atoms with van der Waals surface area (Å²) >= 11 is 0. The second kappa shape index (κ2) is 7.75. The van der Waals surface area contributed by atoms with E-state index in [1.54, 1.807) is 20.8 Å². The highest BCUT2D eigenvalue weighted by atomic mass is 19.1. The van der Waals surface area contributed by atoms with E-state index in [9.17, 15) is 18.8 Å². The predicted octanol–water partition coefficient (Wildman–Crippen LogP) is 2.88. The molecule has 120 valence electrons. The van der Waals surface area contributed by atoms with E-state index in [1.165, 1.54) is 13.8 Å². The summed E-state index contributed by atoms with van der Waals surface area (Å²) in [6.07, 6.45) is -1.61. The fourth-order valence-electron chi connectivity index (χ4n) is 1.56. The van der Waals surface area contributed by atoms with Crippen molar-refractivity contribution in [1.82, 2.24) is 4.90 Å². The van der Waals surface area contributed by atoms with E-state index in [4.69, 9.17) is 9.84 Å². The standard InChI is InChI=1S/C14H22FNO5/c1-6-9(10(15)7-2)12(18)16(13(19)20)8-11(17)21-14(3,4)5/h6-8H2,1-5H3,(H,19,20)/b10-9-. The Hall–Kier alpha value is -1.92. The van der Waals surface area contributed by atoms with Gasteiger partial charge in [-0.1, -0.05) is 13.8 Å². The summed E-state index contributed by atoms with van der Waals surface area (Å²) in [7, 11) is 0. The van der Waals surface area contributed by atoms with Crippen molar-refractivity contribution >= 4 is 18.0 Å². The first-order chi connectivity index (χ1) is 9.53. The van der Waals surface area contributed by atoms with Crippen molar-refractivity contribution in [2.45, 2.75) is 53.1 Å². The molecule has 0 aromatic carbocycles. The molecule has 6 nitrogen and oxygen atoms in total. The zero-order valence-electron chi connectivity index (χ0n) is 13.0. The number of nitrogens with zero attached hydrogens (tertiary/aromatic N) is 1. The van der Waals surface area contributed by atoms with E-state index in [-0.39, 0.29) is 23.3 Å². The highest BCUT2D eigenvalue weighted by molar-refractivity contribution is 6.04. The Morgan fingerprint density at radius 1 is 1.14 bits per heavy atom. The van der Waals surface area contributed by atoms with Crippen molar-refractivity contribution in [2.24, 2.45) is 0 Å². The molecule has 2 amide bonds. The molecule has 0 unspecified atom stereocenters. The van der Waals surface area contributed by atoms with E-state index in [1.807, 2.05) is 0 Å². The van der Waals surface area contributed by atoms with Gasteiger partial charge in [-0.05, 0) is 33.6 Å². The fraction of sp³-hybridized carbons (Fsp3) is 0.643. The monoisotopic (exact) mass is 303 g/mol. The third-order valence-corrected chi connectivity index (χ3v) is 2.43. The molecule has 0 rings (SSSR count). The SMILES string of the molecule is CC/C(F)=C(\CC)C(=O)N(CC(=O)OC(C)(C)C)C(=O)O. The van der Waals surface area contributed by atoms with Crippen LogP contribution in [0.3, 0.4) is 0 Å². The van der Waals surface area contributed by atoms with Crippen LogP contribution < -0.4 is 0 Å². The first-order valence-corrected chi connectivity index (χ1v) is 6.67. The topological polar surface area (TPSA) is 83.9 Å². The van der Waals surface area contributed by atoms with Gasteiger partial charge in [-0.3, -0.25) is 9.59 Å². The van der Waals surface area contributed by atoms with Crippen molar-refractivity contribution in [3.05, 3.63) is 11.4 Å². The Morgan fingerprint density at radius 2 is 1.67 bits per heavy atom. The summed E-state index contributed by atoms with van der Waals surface area (Å²) in [5.41, 5.74) is -1.05. The molecule has 0 spiro atoms. The molecule has 0 bridgehead atoms. The van der Waals surface area contributed by atoms with Crippen molar-refractivity contribution in [3.8, 4) is 0 Å². The van der Waals surface area contributed by atoms with Gasteiger partial charge in [0.15, 0.2) is 0 Å². The van der Waals surface area contributed by atoms with E-state index in [0.29, 0.717) is 0 Å². The molecule has 7 heteroatoms. The number of carboxylic acid groups (broad SMARTS) is 1. The molecule has 0 fully saturated rings. The number of allylic oxidation sites excluding steroid dienone is 1. The van der Waals surface area contributed by atoms with Gasteiger partial charge in [0, 0.05) is 5.57 Å². The van der Waals surface area contributed by atoms with Crippen LogP contribution in [0, 0.1) is 0 Å². The molecule has 0 aliphatic heterocycles. The number of carbonyl (C=O) groups excluding carboxylic acids is 2. The van der Waals surface area contributed by atoms with Crippen molar-refractivity contribution in [3.63, 3.8) is 0 Å². The number of esters is 1. The molecule has 0 saturated heterocycles. The molecule has 21 heavy (non-hydrogen) atoms. The molecule has 0 saturated carbocycles. The highest BCUT2D eigenvalue weighted by Gasteiger charge is 2.29. The lowest BCUT2D eigenvalue weighted by molar-refractivity contribution is -0.157. The summed E-state index contributed by atoms with van der Waals surface area (Å²) in [5, 5.41) is 9.04. The third-order valence-electron chi connectivity index (χ3n) is 2.43. The Balaban J connectivity index is 5.21. The van der Waals surface area contributed by atoms with Crippen LogP contribution in [0.15, 0.2) is 11.4 Å². The molecular formula is C14H22FNO5. The number of imide groups is 1. The Morgan fingerprint density at radius 3 is 2.00 bits per heavy atom. The summed E-state index contributed by atoms with van der Waals surface area (Å²) in [5.74, 6) is -2.58. The lowest BCUT2D eigenvalue weighted by Crippen LogP contribution is -2.42. The lowest BCUT2D eigenvalue weighted by atomic mass is 10.1. The van der Waals surface area contributed by atoms with E-state index < -0.39 is 35.9 Å². The number of ether oxygens (including phenoxy) is 1. The van der Waals surface area contributed by atoms with Crippen LogP contribution in [0.1, 0.15) is 47.5 Å². The first kappa shape index (κ1) is 19.1. The van der Waals surface area contributed by atoms with Crippen molar-refractivity contribution in [1.29, 1.82) is 0 Å². The van der Waals surface area contributed by atoms with Gasteiger partial charge in [0.2, 0.25) is 0 Å². The van der Waals surface area contributed by atoms with Gasteiger partial charge in [0.05, 0.1) is 0 Å². The fourth-order valence-corrected chi connectivity index (χ4v) is 1.56. The lowest BCUT2D eigenvalue weighted by Gasteiger charge is -2.23. The van der Waals surface area contributed by atoms with Crippen molar-refractivity contribution in [2.75, 3.05) is 6.54 Å². The van der Waals surface area contributed by atoms with Gasteiger partial charge in [-0.25, -0.2) is 14.1 Å². The minimum Gasteiger partial charge on any atom is -0.465 e. The second-order valence-corrected chi connectivity index (χ2v) is 5.35. The van der Waals surface area contributed by atoms with Crippen molar-refractivity contribution < 1.29 is 28.6 Å². The van der Waals surface area contributed by atoms with Gasteiger partial charge in [-0.15, -0.1) is 0 Å². The molecular weight excluding hydrogens is 281 g/mol. The molecule has 1 N–H and O–H groups in total. The molecule has 0 aliphatic rings. The maximum Gasteiger partial charge on any atom is 0.414 e. The summed E-state index contributed by atoms with van der Waals surface area (Å²) in [6.45, 7) is 7.13. The summed E-state index contributed by atoms with van der Waals surface area (Å²) in [4.78, 5) is 35.1. The normalized spacial score (nSPS) is 12.5. The Bertz CT molecular complexity index is 451. The van der Waals surface area contributed by atoms with Crippen LogP contribution in [0.4, 0.5) is 9.18 Å². The number of carbonyl (C=O) groups is 3. The average Bonchev–Trinajstić information content (AvgIpc) is 2.33. The number of rotatable bonds is 5. The van der Waals surface area contributed by atoms with Crippen LogP contribution >= 0.6 is 0 Å². The van der Waals surface area contributed by atoms with Gasteiger partial charge in [0.25, 0.3) is 5.91 Å². The smallest absolute Gasteiger partial charge is 0.414 e. The van der Waals surface area contributed by atoms with Crippen LogP contribution in [0.5, 0.6) is 0 Å². The first-order valence-electron chi connectivity index (χ1n) is 6.67. The zero-order valence-corrected chi connectivity index (χ0v) is 13.0. The zero-order chi connectivity index (χ0) is 16.8. The third kappa shape index (κ3) is 6.37. The number of halogens is 1. The van der Waals surface area contributed by atoms with E-state index in [0.717, 1.165) is 0 Å². The van der Waals surface area contributed by atoms with Gasteiger partial charge >= 0.3 is 12.1 Å². The van der Waals surface area contributed by atoms with Crippen LogP contribution in [-0.4, -0.2) is 40.1 Å². The number of hydrogen-bond donors (Lipinski definition) is 1. The minimum absolute atomic E-state index is 0.0190. The number of amides is 2. The maximum absolute atomic E-state index is 13.6. The number of hydrogen-bond acceptors (Lipinski definition) is 4. The summed E-state index contributed by atoms with van der Waals surface area (Å²) < 4.78 is 18.6. The molecule has 0 radical (unpaired) electrons. The highest BCUT2D eigenvalue weighted by Crippen LogP contribution is 2.17. The van der Waals surface area contributed by atoms with Crippen LogP contribution in [0.2, 0.25) is 0 Å². The Labute approximate surface area is 123 Å². The van der Waals surface area contributed by atoms with E-state index in [2.05, 4.69) is 0 Å². The maximum atomic E-state index is 13.6. The molecule has 0 atom stereocenters. The van der Waals surface area contributed by atoms with Gasteiger partial charge < -0.3 is 9.84 Å². The molecule has 0 aromatic heterocycles. The largest absolute Gasteiger partial charge is 0.465 e. The quantitative estimate of drug-likeness (QED) is 0.623. The molecule has 0 heterocycles. The molecule has 0 aromatic rings. The van der Waals surface area contributed by atoms with Crippen LogP contribution in [-0.2, 0) is 14.3 Å². The second-order valence-electron chi connectivity index (χ2n) is 5.35. The van der Waals surface area contributed by atoms with Gasteiger partial charge in [0.1, 0.15) is 18.0 Å². The van der Waals surface area contributed by atoms with Crippen LogP contribution in [0.25, 0.3) is 0 Å². The predicted molar refractivity (Wildman–Crippen MR) is 74.3 cm³/mol. The average molecular weight is 303 g/mol.